The summed E-state index contributed by atoms with van der Waals surface area (Å²) in [5.74, 6) is -0.00583. The van der Waals surface area contributed by atoms with E-state index in [-0.39, 0.29) is 12.5 Å². The molecule has 2 N–H and O–H groups in total. The largest absolute Gasteiger partial charge is 0.396 e. The number of aliphatic hydroxyl groups excluding tert-OH is 1. The van der Waals surface area contributed by atoms with E-state index in [0.29, 0.717) is 6.42 Å². The molecule has 0 aliphatic rings. The van der Waals surface area contributed by atoms with Gasteiger partial charge in [0.05, 0.1) is 5.60 Å². The number of hydrogen-bond donors (Lipinski definition) is 2. The van der Waals surface area contributed by atoms with E-state index in [0.717, 1.165) is 5.56 Å². The second-order valence-corrected chi connectivity index (χ2v) is 4.13. The Hall–Kier alpha value is -0.860. The van der Waals surface area contributed by atoms with Crippen LogP contribution in [0.3, 0.4) is 0 Å². The minimum Gasteiger partial charge on any atom is -0.396 e. The van der Waals surface area contributed by atoms with E-state index in [1.165, 1.54) is 0 Å². The number of hydrogen-bond acceptors (Lipinski definition) is 2. The first-order chi connectivity index (χ1) is 6.55. The third-order valence-corrected chi connectivity index (χ3v) is 2.47. The second-order valence-electron chi connectivity index (χ2n) is 4.13. The Bertz CT molecular complexity index is 261. The van der Waals surface area contributed by atoms with E-state index in [4.69, 9.17) is 5.11 Å². The molecule has 78 valence electrons. The quantitative estimate of drug-likeness (QED) is 0.768. The van der Waals surface area contributed by atoms with Gasteiger partial charge in [0.15, 0.2) is 0 Å². The topological polar surface area (TPSA) is 40.5 Å². The summed E-state index contributed by atoms with van der Waals surface area (Å²) in [4.78, 5) is 0. The fourth-order valence-electron chi connectivity index (χ4n) is 1.74. The van der Waals surface area contributed by atoms with Gasteiger partial charge >= 0.3 is 0 Å². The van der Waals surface area contributed by atoms with Crippen molar-refractivity contribution in [3.63, 3.8) is 0 Å². The first kappa shape index (κ1) is 11.2. The Morgan fingerprint density at radius 1 is 1.21 bits per heavy atom. The zero-order valence-electron chi connectivity index (χ0n) is 8.77. The van der Waals surface area contributed by atoms with Crippen molar-refractivity contribution in [1.29, 1.82) is 0 Å². The van der Waals surface area contributed by atoms with Crippen molar-refractivity contribution in [1.82, 2.24) is 0 Å². The van der Waals surface area contributed by atoms with Gasteiger partial charge in [-0.2, -0.15) is 0 Å². The maximum atomic E-state index is 9.95. The van der Waals surface area contributed by atoms with Gasteiger partial charge in [-0.15, -0.1) is 0 Å². The Labute approximate surface area is 85.2 Å². The van der Waals surface area contributed by atoms with Crippen LogP contribution in [-0.2, 0) is 0 Å². The highest BCUT2D eigenvalue weighted by atomic mass is 16.3. The molecule has 0 saturated heterocycles. The van der Waals surface area contributed by atoms with Crippen LogP contribution in [0.2, 0.25) is 0 Å². The molecule has 1 aromatic carbocycles. The first-order valence-corrected chi connectivity index (χ1v) is 4.94. The van der Waals surface area contributed by atoms with Crippen LogP contribution in [0.25, 0.3) is 0 Å². The summed E-state index contributed by atoms with van der Waals surface area (Å²) in [6.45, 7) is 3.66. The predicted octanol–water partition coefficient (Wildman–Crippen LogP) is 1.92. The van der Waals surface area contributed by atoms with Gasteiger partial charge in [0.25, 0.3) is 0 Å². The van der Waals surface area contributed by atoms with Gasteiger partial charge in [-0.1, -0.05) is 30.3 Å². The van der Waals surface area contributed by atoms with Gasteiger partial charge in [-0.05, 0) is 25.8 Å². The van der Waals surface area contributed by atoms with Gasteiger partial charge in [0.2, 0.25) is 0 Å². The van der Waals surface area contributed by atoms with E-state index >= 15 is 0 Å². The highest BCUT2D eigenvalue weighted by Gasteiger charge is 2.27. The molecule has 0 aliphatic heterocycles. The molecule has 0 bridgehead atoms. The summed E-state index contributed by atoms with van der Waals surface area (Å²) in [6.07, 6.45) is 0.591. The smallest absolute Gasteiger partial charge is 0.0660 e. The average molecular weight is 194 g/mol. The summed E-state index contributed by atoms with van der Waals surface area (Å²) in [5, 5.41) is 18.9. The predicted molar refractivity (Wildman–Crippen MR) is 57.2 cm³/mol. The number of rotatable bonds is 4. The average Bonchev–Trinajstić information content (AvgIpc) is 2.14. The number of benzene rings is 1. The molecule has 0 amide bonds. The van der Waals surface area contributed by atoms with Crippen molar-refractivity contribution < 1.29 is 10.2 Å². The van der Waals surface area contributed by atoms with Crippen LogP contribution in [0.4, 0.5) is 0 Å². The lowest BCUT2D eigenvalue weighted by molar-refractivity contribution is 0.0400. The molecule has 0 radical (unpaired) electrons. The van der Waals surface area contributed by atoms with Gasteiger partial charge < -0.3 is 10.2 Å². The third-order valence-electron chi connectivity index (χ3n) is 2.47. The molecule has 1 atom stereocenters. The Kier molecular flexibility index (Phi) is 3.67. The Morgan fingerprint density at radius 2 is 1.79 bits per heavy atom. The van der Waals surface area contributed by atoms with Crippen LogP contribution in [0, 0.1) is 0 Å². The minimum absolute atomic E-state index is 0.00583. The van der Waals surface area contributed by atoms with Crippen molar-refractivity contribution in [2.75, 3.05) is 6.61 Å². The zero-order valence-corrected chi connectivity index (χ0v) is 8.77. The molecule has 0 spiro atoms. The Balaban J connectivity index is 2.89. The SMILES string of the molecule is CC(C)(O)C(CCO)c1ccccc1. The van der Waals surface area contributed by atoms with Crippen molar-refractivity contribution in [2.24, 2.45) is 0 Å². The fraction of sp³-hybridized carbons (Fsp3) is 0.500. The highest BCUT2D eigenvalue weighted by Crippen LogP contribution is 2.30. The molecule has 0 aromatic heterocycles. The minimum atomic E-state index is -0.788. The lowest BCUT2D eigenvalue weighted by atomic mass is 9.82. The molecule has 1 unspecified atom stereocenters. The summed E-state index contributed by atoms with van der Waals surface area (Å²) in [7, 11) is 0. The molecular weight excluding hydrogens is 176 g/mol. The zero-order chi connectivity index (χ0) is 10.6. The van der Waals surface area contributed by atoms with Gasteiger partial charge in [0.1, 0.15) is 0 Å². The van der Waals surface area contributed by atoms with Crippen LogP contribution >= 0.6 is 0 Å². The van der Waals surface area contributed by atoms with Crippen molar-refractivity contribution in [3.8, 4) is 0 Å². The fourth-order valence-corrected chi connectivity index (χ4v) is 1.74. The Morgan fingerprint density at radius 3 is 2.21 bits per heavy atom. The molecule has 0 aliphatic carbocycles. The highest BCUT2D eigenvalue weighted by molar-refractivity contribution is 5.22. The molecule has 0 fully saturated rings. The van der Waals surface area contributed by atoms with Gasteiger partial charge in [-0.25, -0.2) is 0 Å². The van der Waals surface area contributed by atoms with Crippen LogP contribution in [0.1, 0.15) is 31.7 Å². The van der Waals surface area contributed by atoms with Crippen molar-refractivity contribution in [2.45, 2.75) is 31.8 Å². The maximum absolute atomic E-state index is 9.95. The molecule has 2 nitrogen and oxygen atoms in total. The summed E-state index contributed by atoms with van der Waals surface area (Å²) < 4.78 is 0. The third kappa shape index (κ3) is 2.82. The monoisotopic (exact) mass is 194 g/mol. The van der Waals surface area contributed by atoms with E-state index < -0.39 is 5.60 Å². The van der Waals surface area contributed by atoms with Gasteiger partial charge in [0, 0.05) is 12.5 Å². The lowest BCUT2D eigenvalue weighted by Crippen LogP contribution is -2.29. The molecule has 0 saturated carbocycles. The van der Waals surface area contributed by atoms with E-state index in [9.17, 15) is 5.11 Å². The van der Waals surface area contributed by atoms with Crippen LogP contribution in [0.15, 0.2) is 30.3 Å². The van der Waals surface area contributed by atoms with Gasteiger partial charge in [-0.3, -0.25) is 0 Å². The standard InChI is InChI=1S/C12H18O2/c1-12(2,14)11(8-9-13)10-6-4-3-5-7-10/h3-7,11,13-14H,8-9H2,1-2H3. The lowest BCUT2D eigenvalue weighted by Gasteiger charge is -2.29. The molecule has 2 heteroatoms. The summed E-state index contributed by atoms with van der Waals surface area (Å²) in [6, 6.07) is 9.82. The van der Waals surface area contributed by atoms with Crippen molar-refractivity contribution >= 4 is 0 Å². The molecular formula is C12H18O2. The maximum Gasteiger partial charge on any atom is 0.0660 e. The van der Waals surface area contributed by atoms with Crippen LogP contribution in [0.5, 0.6) is 0 Å². The molecule has 1 rings (SSSR count). The molecule has 1 aromatic rings. The van der Waals surface area contributed by atoms with Crippen LogP contribution < -0.4 is 0 Å². The van der Waals surface area contributed by atoms with E-state index in [1.807, 2.05) is 30.3 Å². The normalized spacial score (nSPS) is 14.0. The number of aliphatic hydroxyl groups is 2. The summed E-state index contributed by atoms with van der Waals surface area (Å²) >= 11 is 0. The molecule has 0 heterocycles. The first-order valence-electron chi connectivity index (χ1n) is 4.94. The van der Waals surface area contributed by atoms with E-state index in [1.54, 1.807) is 13.8 Å². The second kappa shape index (κ2) is 4.58. The molecule has 14 heavy (non-hydrogen) atoms. The summed E-state index contributed by atoms with van der Waals surface area (Å²) in [5.41, 5.74) is 0.290. The van der Waals surface area contributed by atoms with Crippen molar-refractivity contribution in [3.05, 3.63) is 35.9 Å². The van der Waals surface area contributed by atoms with Crippen LogP contribution in [-0.4, -0.2) is 22.4 Å². The van der Waals surface area contributed by atoms with E-state index in [2.05, 4.69) is 0 Å².